The van der Waals surface area contributed by atoms with Gasteiger partial charge in [-0.3, -0.25) is 9.10 Å². The summed E-state index contributed by atoms with van der Waals surface area (Å²) in [7, 11) is -2.40. The van der Waals surface area contributed by atoms with Gasteiger partial charge < -0.3 is 9.88 Å². The zero-order valence-corrected chi connectivity index (χ0v) is 17.2. The van der Waals surface area contributed by atoms with Crippen LogP contribution in [-0.4, -0.2) is 25.4 Å². The third kappa shape index (κ3) is 3.90. The number of hydrogen-bond acceptors (Lipinski definition) is 3. The van der Waals surface area contributed by atoms with Crippen LogP contribution in [0.15, 0.2) is 65.7 Å². The number of anilines is 2. The van der Waals surface area contributed by atoms with Gasteiger partial charge in [-0.2, -0.15) is 13.2 Å². The molecule has 0 spiro atoms. The van der Waals surface area contributed by atoms with Crippen LogP contribution < -0.4 is 9.62 Å². The van der Waals surface area contributed by atoms with Gasteiger partial charge in [0.2, 0.25) is 0 Å². The topological polar surface area (TPSA) is 71.4 Å². The average molecular weight is 449 g/mol. The van der Waals surface area contributed by atoms with Crippen LogP contribution in [0.3, 0.4) is 0 Å². The molecule has 0 aliphatic carbocycles. The summed E-state index contributed by atoms with van der Waals surface area (Å²) in [5.74, 6) is -0.718. The molecule has 1 aromatic heterocycles. The molecule has 0 radical (unpaired) electrons. The number of carbonyl (C=O) groups excluding carboxylic acids is 1. The van der Waals surface area contributed by atoms with Gasteiger partial charge in [0.25, 0.3) is 15.9 Å². The smallest absolute Gasteiger partial charge is 0.345 e. The monoisotopic (exact) mass is 449 g/mol. The van der Waals surface area contributed by atoms with Crippen molar-refractivity contribution in [2.75, 3.05) is 16.2 Å². The zero-order chi connectivity index (χ0) is 22.4. The number of rotatable bonds is 4. The second-order valence-corrected chi connectivity index (χ2v) is 9.02. The van der Waals surface area contributed by atoms with Gasteiger partial charge in [0.1, 0.15) is 10.6 Å². The molecule has 1 N–H and O–H groups in total. The molecule has 10 heteroatoms. The van der Waals surface area contributed by atoms with Gasteiger partial charge in [-0.15, -0.1) is 0 Å². The Bertz CT molecular complexity index is 1270. The van der Waals surface area contributed by atoms with E-state index in [9.17, 15) is 26.4 Å². The first-order valence-electron chi connectivity index (χ1n) is 9.33. The normalized spacial score (nSPS) is 13.9. The predicted molar refractivity (Wildman–Crippen MR) is 109 cm³/mol. The summed E-state index contributed by atoms with van der Waals surface area (Å²) in [4.78, 5) is 12.6. The Morgan fingerprint density at radius 3 is 2.55 bits per heavy atom. The lowest BCUT2D eigenvalue weighted by Crippen LogP contribution is -2.28. The lowest BCUT2D eigenvalue weighted by atomic mass is 10.2. The number of aromatic nitrogens is 1. The van der Waals surface area contributed by atoms with Crippen molar-refractivity contribution >= 4 is 27.3 Å². The first-order valence-corrected chi connectivity index (χ1v) is 10.8. The van der Waals surface area contributed by atoms with Gasteiger partial charge in [-0.05, 0) is 42.3 Å². The Kier molecular flexibility index (Phi) is 5.04. The van der Waals surface area contributed by atoms with E-state index >= 15 is 0 Å². The third-order valence-electron chi connectivity index (χ3n) is 5.09. The number of hydrogen-bond donors (Lipinski definition) is 1. The second-order valence-electron chi connectivity index (χ2n) is 7.16. The number of carbonyl (C=O) groups is 1. The van der Waals surface area contributed by atoms with Crippen LogP contribution in [0.2, 0.25) is 0 Å². The number of sulfonamides is 1. The highest BCUT2D eigenvalue weighted by molar-refractivity contribution is 7.92. The van der Waals surface area contributed by atoms with Gasteiger partial charge in [0.15, 0.2) is 0 Å². The number of benzene rings is 2. The molecule has 0 saturated carbocycles. The summed E-state index contributed by atoms with van der Waals surface area (Å²) in [6.07, 6.45) is -2.64. The number of amides is 1. The maximum atomic E-state index is 13.2. The summed E-state index contributed by atoms with van der Waals surface area (Å²) in [5, 5.41) is 2.39. The van der Waals surface area contributed by atoms with Crippen LogP contribution in [-0.2, 0) is 29.7 Å². The lowest BCUT2D eigenvalue weighted by Gasteiger charge is -2.18. The van der Waals surface area contributed by atoms with E-state index in [2.05, 4.69) is 5.32 Å². The van der Waals surface area contributed by atoms with Gasteiger partial charge in [0, 0.05) is 25.5 Å². The zero-order valence-electron chi connectivity index (χ0n) is 16.3. The summed E-state index contributed by atoms with van der Waals surface area (Å²) in [6, 6.07) is 12.6. The van der Waals surface area contributed by atoms with E-state index in [4.69, 9.17) is 0 Å². The molecule has 1 aliphatic heterocycles. The number of nitrogens with zero attached hydrogens (tertiary/aromatic N) is 2. The molecule has 162 valence electrons. The Morgan fingerprint density at radius 1 is 1.06 bits per heavy atom. The van der Waals surface area contributed by atoms with E-state index in [0.29, 0.717) is 18.7 Å². The summed E-state index contributed by atoms with van der Waals surface area (Å²) in [6.45, 7) is 0.294. The fraction of sp³-hybridized carbons (Fsp3) is 0.190. The number of nitrogens with one attached hydrogen (secondary N) is 1. The lowest BCUT2D eigenvalue weighted by molar-refractivity contribution is -0.137. The second kappa shape index (κ2) is 7.45. The van der Waals surface area contributed by atoms with Gasteiger partial charge in [0.05, 0.1) is 11.3 Å². The Morgan fingerprint density at radius 2 is 1.81 bits per heavy atom. The van der Waals surface area contributed by atoms with Crippen LogP contribution in [0.25, 0.3) is 0 Å². The molecular weight excluding hydrogens is 431 g/mol. The summed E-state index contributed by atoms with van der Waals surface area (Å²) < 4.78 is 67.6. The highest BCUT2D eigenvalue weighted by atomic mass is 32.2. The van der Waals surface area contributed by atoms with E-state index in [1.54, 1.807) is 12.1 Å². The SMILES string of the molecule is Cn1cc(S(=O)(=O)N2CCc3ccccc32)cc1C(=O)Nc1cccc(C(F)(F)F)c1. The Hall–Kier alpha value is -3.27. The molecule has 0 fully saturated rings. The minimum atomic E-state index is -4.54. The van der Waals surface area contributed by atoms with Crippen molar-refractivity contribution in [3.05, 3.63) is 77.6 Å². The van der Waals surface area contributed by atoms with E-state index in [-0.39, 0.29) is 16.3 Å². The van der Waals surface area contributed by atoms with Crippen LogP contribution >= 0.6 is 0 Å². The van der Waals surface area contributed by atoms with Crippen molar-refractivity contribution in [2.45, 2.75) is 17.5 Å². The Balaban J connectivity index is 1.60. The van der Waals surface area contributed by atoms with E-state index in [1.807, 2.05) is 12.1 Å². The van der Waals surface area contributed by atoms with Gasteiger partial charge in [-0.25, -0.2) is 8.42 Å². The molecular formula is C21H18F3N3O3S. The minimum Gasteiger partial charge on any atom is -0.345 e. The molecule has 1 amide bonds. The number of aryl methyl sites for hydroxylation is 1. The predicted octanol–water partition coefficient (Wildman–Crippen LogP) is 4.05. The van der Waals surface area contributed by atoms with Crippen molar-refractivity contribution in [1.29, 1.82) is 0 Å². The quantitative estimate of drug-likeness (QED) is 0.653. The molecule has 31 heavy (non-hydrogen) atoms. The molecule has 1 aliphatic rings. The van der Waals surface area contributed by atoms with Gasteiger partial charge in [-0.1, -0.05) is 24.3 Å². The van der Waals surface area contributed by atoms with Crippen LogP contribution in [0.1, 0.15) is 21.6 Å². The molecule has 2 aromatic carbocycles. The van der Waals surface area contributed by atoms with Crippen molar-refractivity contribution < 1.29 is 26.4 Å². The molecule has 3 aromatic rings. The number of halogens is 3. The molecule has 6 nitrogen and oxygen atoms in total. The van der Waals surface area contributed by atoms with Crippen LogP contribution in [0.4, 0.5) is 24.5 Å². The van der Waals surface area contributed by atoms with Crippen LogP contribution in [0, 0.1) is 0 Å². The highest BCUT2D eigenvalue weighted by Crippen LogP contribution is 2.33. The molecule has 4 rings (SSSR count). The van der Waals surface area contributed by atoms with Crippen molar-refractivity contribution in [3.63, 3.8) is 0 Å². The van der Waals surface area contributed by atoms with Crippen molar-refractivity contribution in [1.82, 2.24) is 4.57 Å². The minimum absolute atomic E-state index is 0.00321. The standard InChI is InChI=1S/C21H18F3N3O3S/c1-26-13-17(31(29,30)27-10-9-14-5-2-3-8-18(14)27)12-19(26)20(28)25-16-7-4-6-15(11-16)21(22,23)24/h2-8,11-13H,9-10H2,1H3,(H,25,28). The van der Waals surface area contributed by atoms with Crippen LogP contribution in [0.5, 0.6) is 0 Å². The first-order chi connectivity index (χ1) is 14.6. The highest BCUT2D eigenvalue weighted by Gasteiger charge is 2.33. The molecule has 0 unspecified atom stereocenters. The fourth-order valence-corrected chi connectivity index (χ4v) is 5.13. The number of fused-ring (bicyclic) bond motifs is 1. The van der Waals surface area contributed by atoms with E-state index < -0.39 is 27.7 Å². The van der Waals surface area contributed by atoms with E-state index in [1.165, 1.54) is 40.3 Å². The third-order valence-corrected chi connectivity index (χ3v) is 6.87. The van der Waals surface area contributed by atoms with E-state index in [0.717, 1.165) is 17.7 Å². The first kappa shape index (κ1) is 21.0. The average Bonchev–Trinajstić information content (AvgIpc) is 3.32. The molecule has 2 heterocycles. The maximum absolute atomic E-state index is 13.2. The molecule has 0 saturated heterocycles. The largest absolute Gasteiger partial charge is 0.416 e. The number of alkyl halides is 3. The van der Waals surface area contributed by atoms with Crippen molar-refractivity contribution in [2.24, 2.45) is 7.05 Å². The fourth-order valence-electron chi connectivity index (χ4n) is 3.55. The molecule has 0 atom stereocenters. The summed E-state index contributed by atoms with van der Waals surface area (Å²) in [5.41, 5.74) is 0.585. The van der Waals surface area contributed by atoms with Crippen molar-refractivity contribution in [3.8, 4) is 0 Å². The summed E-state index contributed by atoms with van der Waals surface area (Å²) >= 11 is 0. The number of para-hydroxylation sites is 1. The molecule has 0 bridgehead atoms. The van der Waals surface area contributed by atoms with Gasteiger partial charge >= 0.3 is 6.18 Å². The maximum Gasteiger partial charge on any atom is 0.416 e. The Labute approximate surface area is 177 Å².